The molecule has 1 N–H and O–H groups in total. The number of aromatic nitrogens is 3. The molecule has 6 heteroatoms. The van der Waals surface area contributed by atoms with E-state index in [9.17, 15) is 4.79 Å². The first kappa shape index (κ1) is 12.0. The number of rotatable bonds is 3. The summed E-state index contributed by atoms with van der Waals surface area (Å²) >= 11 is 0. The van der Waals surface area contributed by atoms with E-state index in [4.69, 9.17) is 4.74 Å². The van der Waals surface area contributed by atoms with Gasteiger partial charge in [0.25, 0.3) is 0 Å². The van der Waals surface area contributed by atoms with Gasteiger partial charge in [-0.25, -0.2) is 9.67 Å². The SMILES string of the molecule is CNC1(C(=O)OC)CCCC(n2cncn2)C1. The summed E-state index contributed by atoms with van der Waals surface area (Å²) in [5, 5.41) is 7.27. The normalized spacial score (nSPS) is 28.9. The molecule has 1 heterocycles. The van der Waals surface area contributed by atoms with Crippen LogP contribution in [-0.2, 0) is 9.53 Å². The van der Waals surface area contributed by atoms with Crippen LogP contribution in [0.2, 0.25) is 0 Å². The van der Waals surface area contributed by atoms with Crippen molar-refractivity contribution in [2.24, 2.45) is 0 Å². The van der Waals surface area contributed by atoms with Crippen molar-refractivity contribution in [3.05, 3.63) is 12.7 Å². The van der Waals surface area contributed by atoms with Crippen LogP contribution in [0.4, 0.5) is 0 Å². The summed E-state index contributed by atoms with van der Waals surface area (Å²) in [7, 11) is 3.24. The zero-order valence-corrected chi connectivity index (χ0v) is 10.2. The summed E-state index contributed by atoms with van der Waals surface area (Å²) in [6.45, 7) is 0. The van der Waals surface area contributed by atoms with Gasteiger partial charge in [-0.1, -0.05) is 0 Å². The number of carbonyl (C=O) groups is 1. The summed E-state index contributed by atoms with van der Waals surface area (Å²) in [5.74, 6) is -0.190. The van der Waals surface area contributed by atoms with Gasteiger partial charge in [0.15, 0.2) is 0 Å². The lowest BCUT2D eigenvalue weighted by molar-refractivity contribution is -0.150. The van der Waals surface area contributed by atoms with Gasteiger partial charge in [-0.2, -0.15) is 5.10 Å². The third kappa shape index (κ3) is 2.17. The molecule has 17 heavy (non-hydrogen) atoms. The number of nitrogens with one attached hydrogen (secondary N) is 1. The number of ether oxygens (including phenoxy) is 1. The monoisotopic (exact) mass is 238 g/mol. The van der Waals surface area contributed by atoms with E-state index in [1.54, 1.807) is 13.4 Å². The van der Waals surface area contributed by atoms with E-state index in [1.165, 1.54) is 13.4 Å². The minimum atomic E-state index is -0.580. The molecule has 2 rings (SSSR count). The molecule has 94 valence electrons. The maximum Gasteiger partial charge on any atom is 0.326 e. The Kier molecular flexibility index (Phi) is 3.42. The highest BCUT2D eigenvalue weighted by molar-refractivity contribution is 5.80. The van der Waals surface area contributed by atoms with Crippen LogP contribution in [0, 0.1) is 0 Å². The maximum atomic E-state index is 11.9. The van der Waals surface area contributed by atoms with Crippen molar-refractivity contribution in [1.29, 1.82) is 0 Å². The van der Waals surface area contributed by atoms with E-state index in [2.05, 4.69) is 15.4 Å². The Morgan fingerprint density at radius 1 is 1.65 bits per heavy atom. The standard InChI is InChI=1S/C11H18N4O2/c1-12-11(10(16)17-2)5-3-4-9(6-11)15-8-13-7-14-15/h7-9,12H,3-6H2,1-2H3. The molecule has 2 atom stereocenters. The number of methoxy groups -OCH3 is 1. The molecule has 2 unspecified atom stereocenters. The van der Waals surface area contributed by atoms with Crippen molar-refractivity contribution in [1.82, 2.24) is 20.1 Å². The van der Waals surface area contributed by atoms with Gasteiger partial charge in [-0.05, 0) is 32.7 Å². The zero-order valence-electron chi connectivity index (χ0n) is 10.2. The molecule has 0 saturated heterocycles. The molecule has 0 radical (unpaired) electrons. The van der Waals surface area contributed by atoms with Gasteiger partial charge in [0, 0.05) is 0 Å². The molecule has 1 aliphatic carbocycles. The molecule has 0 spiro atoms. The quantitative estimate of drug-likeness (QED) is 0.778. The lowest BCUT2D eigenvalue weighted by Gasteiger charge is -2.38. The predicted molar refractivity (Wildman–Crippen MR) is 61.3 cm³/mol. The number of esters is 1. The van der Waals surface area contributed by atoms with E-state index in [1.807, 2.05) is 4.68 Å². The van der Waals surface area contributed by atoms with E-state index in [-0.39, 0.29) is 12.0 Å². The Balaban J connectivity index is 2.17. The number of likely N-dealkylation sites (N-methyl/N-ethyl adjacent to an activating group) is 1. The van der Waals surface area contributed by atoms with Gasteiger partial charge in [-0.15, -0.1) is 0 Å². The Morgan fingerprint density at radius 2 is 2.47 bits per heavy atom. The van der Waals surface area contributed by atoms with Gasteiger partial charge in [0.2, 0.25) is 0 Å². The van der Waals surface area contributed by atoms with Crippen LogP contribution in [0.1, 0.15) is 31.7 Å². The van der Waals surface area contributed by atoms with Crippen molar-refractivity contribution in [3.8, 4) is 0 Å². The van der Waals surface area contributed by atoms with Gasteiger partial charge >= 0.3 is 5.97 Å². The van der Waals surface area contributed by atoms with E-state index < -0.39 is 5.54 Å². The third-order valence-corrected chi connectivity index (χ3v) is 3.59. The molecule has 0 aliphatic heterocycles. The van der Waals surface area contributed by atoms with Crippen LogP contribution < -0.4 is 5.32 Å². The highest BCUT2D eigenvalue weighted by Crippen LogP contribution is 2.35. The molecule has 0 aromatic carbocycles. The first-order chi connectivity index (χ1) is 8.22. The zero-order chi connectivity index (χ0) is 12.3. The van der Waals surface area contributed by atoms with Crippen molar-refractivity contribution < 1.29 is 9.53 Å². The van der Waals surface area contributed by atoms with Crippen LogP contribution in [0.15, 0.2) is 12.7 Å². The number of hydrogen-bond acceptors (Lipinski definition) is 5. The number of carbonyl (C=O) groups excluding carboxylic acids is 1. The molecular weight excluding hydrogens is 220 g/mol. The third-order valence-electron chi connectivity index (χ3n) is 3.59. The largest absolute Gasteiger partial charge is 0.468 e. The van der Waals surface area contributed by atoms with Crippen LogP contribution in [0.3, 0.4) is 0 Å². The summed E-state index contributed by atoms with van der Waals surface area (Å²) in [5.41, 5.74) is -0.580. The van der Waals surface area contributed by atoms with Crippen LogP contribution in [0.25, 0.3) is 0 Å². The Labute approximate surface area is 100 Å². The lowest BCUT2D eigenvalue weighted by Crippen LogP contribution is -2.54. The number of nitrogens with zero attached hydrogens (tertiary/aromatic N) is 3. The smallest absolute Gasteiger partial charge is 0.326 e. The van der Waals surface area contributed by atoms with Crippen molar-refractivity contribution in [3.63, 3.8) is 0 Å². The maximum absolute atomic E-state index is 11.9. The predicted octanol–water partition coefficient (Wildman–Crippen LogP) is 0.524. The lowest BCUT2D eigenvalue weighted by atomic mass is 9.79. The van der Waals surface area contributed by atoms with Crippen molar-refractivity contribution in [2.45, 2.75) is 37.3 Å². The highest BCUT2D eigenvalue weighted by Gasteiger charge is 2.43. The molecular formula is C11H18N4O2. The first-order valence-electron chi connectivity index (χ1n) is 5.83. The van der Waals surface area contributed by atoms with E-state index in [0.29, 0.717) is 6.42 Å². The highest BCUT2D eigenvalue weighted by atomic mass is 16.5. The molecule has 1 aliphatic rings. The van der Waals surface area contributed by atoms with Crippen LogP contribution in [-0.4, -0.2) is 40.4 Å². The average molecular weight is 238 g/mol. The fourth-order valence-corrected chi connectivity index (χ4v) is 2.59. The fourth-order valence-electron chi connectivity index (χ4n) is 2.59. The minimum absolute atomic E-state index is 0.190. The second kappa shape index (κ2) is 4.83. The van der Waals surface area contributed by atoms with Gasteiger partial charge in [-0.3, -0.25) is 4.79 Å². The molecule has 1 aromatic heterocycles. The molecule has 1 fully saturated rings. The molecule has 0 amide bonds. The summed E-state index contributed by atoms with van der Waals surface area (Å²) in [4.78, 5) is 15.9. The topological polar surface area (TPSA) is 69.0 Å². The van der Waals surface area contributed by atoms with E-state index >= 15 is 0 Å². The summed E-state index contributed by atoms with van der Waals surface area (Å²) in [6, 6.07) is 0.206. The molecule has 1 aromatic rings. The summed E-state index contributed by atoms with van der Waals surface area (Å²) < 4.78 is 6.73. The Morgan fingerprint density at radius 3 is 3.06 bits per heavy atom. The molecule has 0 bridgehead atoms. The second-order valence-corrected chi connectivity index (χ2v) is 4.45. The van der Waals surface area contributed by atoms with Crippen molar-refractivity contribution in [2.75, 3.05) is 14.2 Å². The van der Waals surface area contributed by atoms with Crippen LogP contribution >= 0.6 is 0 Å². The molecule has 1 saturated carbocycles. The Bertz CT molecular complexity index is 379. The van der Waals surface area contributed by atoms with Crippen LogP contribution in [0.5, 0.6) is 0 Å². The van der Waals surface area contributed by atoms with Gasteiger partial charge in [0.05, 0.1) is 13.2 Å². The van der Waals surface area contributed by atoms with Gasteiger partial charge in [0.1, 0.15) is 18.2 Å². The van der Waals surface area contributed by atoms with Crippen molar-refractivity contribution >= 4 is 5.97 Å². The Hall–Kier alpha value is -1.43. The fraction of sp³-hybridized carbons (Fsp3) is 0.727. The minimum Gasteiger partial charge on any atom is -0.468 e. The first-order valence-corrected chi connectivity index (χ1v) is 5.83. The van der Waals surface area contributed by atoms with E-state index in [0.717, 1.165) is 19.3 Å². The summed E-state index contributed by atoms with van der Waals surface area (Å²) in [6.07, 6.45) is 6.71. The number of hydrogen-bond donors (Lipinski definition) is 1. The van der Waals surface area contributed by atoms with Gasteiger partial charge < -0.3 is 10.1 Å². The average Bonchev–Trinajstić information content (AvgIpc) is 2.91. The molecule has 6 nitrogen and oxygen atoms in total. The second-order valence-electron chi connectivity index (χ2n) is 4.45.